The van der Waals surface area contributed by atoms with E-state index in [1.807, 2.05) is 11.4 Å². The van der Waals surface area contributed by atoms with Crippen LogP contribution < -0.4 is 5.43 Å². The summed E-state index contributed by atoms with van der Waals surface area (Å²) in [6.07, 6.45) is 6.78. The lowest BCUT2D eigenvalue weighted by atomic mass is 10.0. The molecule has 1 aromatic carbocycles. The third-order valence-corrected chi connectivity index (χ3v) is 5.92. The van der Waals surface area contributed by atoms with Gasteiger partial charge >= 0.3 is 0 Å². The Morgan fingerprint density at radius 2 is 1.62 bits per heavy atom. The van der Waals surface area contributed by atoms with Crippen molar-refractivity contribution in [1.82, 2.24) is 4.98 Å². The van der Waals surface area contributed by atoms with Gasteiger partial charge in [0.2, 0.25) is 0 Å². The maximum atomic E-state index is 12.0. The summed E-state index contributed by atoms with van der Waals surface area (Å²) in [5.74, 6) is 0. The van der Waals surface area contributed by atoms with Crippen molar-refractivity contribution in [2.24, 2.45) is 0 Å². The Morgan fingerprint density at radius 1 is 0.917 bits per heavy atom. The van der Waals surface area contributed by atoms with Gasteiger partial charge in [0.15, 0.2) is 5.43 Å². The standard InChI is InChI=1S/C19H19Br2NOS/c20-14-9-13(10-15(21)11-14)5-3-1-2-4-6-16-12-18(23)19-17(22-16)7-8-24-19/h7-12H,1-6H2,(H,22,23). The average Bonchev–Trinajstić information content (AvgIpc) is 2.99. The largest absolute Gasteiger partial charge is 0.357 e. The molecular weight excluding hydrogens is 450 g/mol. The number of aromatic nitrogens is 1. The molecule has 0 bridgehead atoms. The number of pyridine rings is 1. The molecule has 0 aliphatic heterocycles. The number of halogens is 2. The number of H-pyrrole nitrogens is 1. The first-order valence-corrected chi connectivity index (χ1v) is 10.6. The summed E-state index contributed by atoms with van der Waals surface area (Å²) in [6.45, 7) is 0. The van der Waals surface area contributed by atoms with Crippen LogP contribution in [0.5, 0.6) is 0 Å². The van der Waals surface area contributed by atoms with Gasteiger partial charge < -0.3 is 4.98 Å². The molecule has 0 saturated heterocycles. The van der Waals surface area contributed by atoms with Gasteiger partial charge in [-0.05, 0) is 60.9 Å². The summed E-state index contributed by atoms with van der Waals surface area (Å²) < 4.78 is 3.08. The summed E-state index contributed by atoms with van der Waals surface area (Å²) in [6, 6.07) is 10.2. The van der Waals surface area contributed by atoms with E-state index in [0.717, 1.165) is 44.1 Å². The molecular formula is C19H19Br2NOS. The van der Waals surface area contributed by atoms with Crippen molar-refractivity contribution in [3.63, 3.8) is 0 Å². The van der Waals surface area contributed by atoms with Gasteiger partial charge in [-0.15, -0.1) is 11.3 Å². The van der Waals surface area contributed by atoms with E-state index >= 15 is 0 Å². The van der Waals surface area contributed by atoms with Gasteiger partial charge in [0.25, 0.3) is 0 Å². The molecule has 24 heavy (non-hydrogen) atoms. The lowest BCUT2D eigenvalue weighted by Crippen LogP contribution is -2.03. The Balaban J connectivity index is 1.42. The highest BCUT2D eigenvalue weighted by atomic mass is 79.9. The summed E-state index contributed by atoms with van der Waals surface area (Å²) in [5.41, 5.74) is 3.54. The molecule has 0 aliphatic carbocycles. The number of fused-ring (bicyclic) bond motifs is 1. The van der Waals surface area contributed by atoms with E-state index < -0.39 is 0 Å². The van der Waals surface area contributed by atoms with E-state index in [1.165, 1.54) is 36.2 Å². The van der Waals surface area contributed by atoms with Crippen molar-refractivity contribution in [1.29, 1.82) is 0 Å². The molecule has 2 aromatic heterocycles. The van der Waals surface area contributed by atoms with Crippen molar-refractivity contribution in [2.75, 3.05) is 0 Å². The quantitative estimate of drug-likeness (QED) is 0.396. The van der Waals surface area contributed by atoms with Crippen LogP contribution in [0.2, 0.25) is 0 Å². The van der Waals surface area contributed by atoms with Gasteiger partial charge in [-0.1, -0.05) is 44.7 Å². The number of aryl methyl sites for hydroxylation is 2. The second-order valence-electron chi connectivity index (χ2n) is 6.01. The van der Waals surface area contributed by atoms with Crippen molar-refractivity contribution < 1.29 is 0 Å². The number of thiophene rings is 1. The molecule has 0 radical (unpaired) electrons. The Morgan fingerprint density at radius 3 is 2.38 bits per heavy atom. The Hall–Kier alpha value is -0.910. The van der Waals surface area contributed by atoms with Crippen LogP contribution in [0.25, 0.3) is 10.2 Å². The van der Waals surface area contributed by atoms with Gasteiger partial charge in [-0.3, -0.25) is 4.79 Å². The molecule has 0 unspecified atom stereocenters. The Labute approximate surface area is 162 Å². The third kappa shape index (κ3) is 4.80. The molecule has 126 valence electrons. The summed E-state index contributed by atoms with van der Waals surface area (Å²) in [4.78, 5) is 15.4. The SMILES string of the molecule is O=c1cc(CCCCCCc2cc(Br)cc(Br)c2)[nH]c2ccsc12. The number of rotatable bonds is 7. The van der Waals surface area contributed by atoms with Crippen molar-refractivity contribution >= 4 is 53.4 Å². The molecule has 2 nitrogen and oxygen atoms in total. The summed E-state index contributed by atoms with van der Waals surface area (Å²) in [5, 5.41) is 1.96. The van der Waals surface area contributed by atoms with Crippen molar-refractivity contribution in [2.45, 2.75) is 38.5 Å². The molecule has 0 aliphatic rings. The molecule has 3 aromatic rings. The van der Waals surface area contributed by atoms with E-state index in [-0.39, 0.29) is 5.43 Å². The predicted molar refractivity (Wildman–Crippen MR) is 110 cm³/mol. The second kappa shape index (κ2) is 8.45. The fraction of sp³-hybridized carbons (Fsp3) is 0.316. The number of unbranched alkanes of at least 4 members (excludes halogenated alkanes) is 3. The highest BCUT2D eigenvalue weighted by Crippen LogP contribution is 2.21. The van der Waals surface area contributed by atoms with Gasteiger partial charge in [-0.2, -0.15) is 0 Å². The van der Waals surface area contributed by atoms with E-state index in [4.69, 9.17) is 0 Å². The van der Waals surface area contributed by atoms with Gasteiger partial charge in [0.1, 0.15) is 0 Å². The monoisotopic (exact) mass is 467 g/mol. The number of hydrogen-bond acceptors (Lipinski definition) is 2. The summed E-state index contributed by atoms with van der Waals surface area (Å²) in [7, 11) is 0. The first-order valence-electron chi connectivity index (χ1n) is 8.16. The molecule has 5 heteroatoms. The average molecular weight is 469 g/mol. The minimum atomic E-state index is 0.147. The number of nitrogens with one attached hydrogen (secondary N) is 1. The lowest BCUT2D eigenvalue weighted by molar-refractivity contribution is 0.636. The predicted octanol–water partition coefficient (Wildman–Crippen LogP) is 6.46. The first-order chi connectivity index (χ1) is 11.6. The van der Waals surface area contributed by atoms with E-state index in [1.54, 1.807) is 6.07 Å². The Bertz CT molecular complexity index is 864. The van der Waals surface area contributed by atoms with Gasteiger partial charge in [-0.25, -0.2) is 0 Å². The van der Waals surface area contributed by atoms with Crippen molar-refractivity contribution in [3.05, 3.63) is 66.1 Å². The number of hydrogen-bond donors (Lipinski definition) is 1. The summed E-state index contributed by atoms with van der Waals surface area (Å²) >= 11 is 8.58. The molecule has 0 atom stereocenters. The van der Waals surface area contributed by atoms with Crippen LogP contribution in [0.15, 0.2) is 49.5 Å². The number of benzene rings is 1. The molecule has 0 amide bonds. The zero-order chi connectivity index (χ0) is 16.9. The highest BCUT2D eigenvalue weighted by molar-refractivity contribution is 9.11. The van der Waals surface area contributed by atoms with Crippen LogP contribution in [0.3, 0.4) is 0 Å². The first kappa shape index (κ1) is 17.9. The van der Waals surface area contributed by atoms with Crippen LogP contribution in [0.1, 0.15) is 36.9 Å². The van der Waals surface area contributed by atoms with Gasteiger partial charge in [0.05, 0.1) is 10.2 Å². The van der Waals surface area contributed by atoms with Crippen LogP contribution in [-0.4, -0.2) is 4.98 Å². The maximum absolute atomic E-state index is 12.0. The second-order valence-corrected chi connectivity index (χ2v) is 8.76. The normalized spacial score (nSPS) is 11.2. The molecule has 0 fully saturated rings. The minimum Gasteiger partial charge on any atom is -0.357 e. The zero-order valence-electron chi connectivity index (χ0n) is 13.3. The Kier molecular flexibility index (Phi) is 6.31. The molecule has 1 N–H and O–H groups in total. The molecule has 0 saturated carbocycles. The van der Waals surface area contributed by atoms with E-state index in [9.17, 15) is 4.79 Å². The fourth-order valence-corrected chi connectivity index (χ4v) is 5.07. The topological polar surface area (TPSA) is 32.9 Å². The van der Waals surface area contributed by atoms with Crippen LogP contribution >= 0.6 is 43.2 Å². The van der Waals surface area contributed by atoms with E-state index in [2.05, 4.69) is 55.0 Å². The number of aromatic amines is 1. The zero-order valence-corrected chi connectivity index (χ0v) is 17.3. The molecule has 0 spiro atoms. The third-order valence-electron chi connectivity index (χ3n) is 4.07. The van der Waals surface area contributed by atoms with Crippen LogP contribution in [-0.2, 0) is 12.8 Å². The molecule has 3 rings (SSSR count). The lowest BCUT2D eigenvalue weighted by Gasteiger charge is -2.05. The van der Waals surface area contributed by atoms with Crippen LogP contribution in [0, 0.1) is 0 Å². The molecule has 2 heterocycles. The fourth-order valence-electron chi connectivity index (χ4n) is 2.92. The van der Waals surface area contributed by atoms with Crippen LogP contribution in [0.4, 0.5) is 0 Å². The van der Waals surface area contributed by atoms with E-state index in [0.29, 0.717) is 0 Å². The maximum Gasteiger partial charge on any atom is 0.199 e. The highest BCUT2D eigenvalue weighted by Gasteiger charge is 2.03. The van der Waals surface area contributed by atoms with Crippen molar-refractivity contribution in [3.8, 4) is 0 Å². The smallest absolute Gasteiger partial charge is 0.199 e. The van der Waals surface area contributed by atoms with Gasteiger partial charge in [0, 0.05) is 20.7 Å². The minimum absolute atomic E-state index is 0.147.